The molecule has 0 aliphatic rings. The Morgan fingerprint density at radius 3 is 2.27 bits per heavy atom. The number of alkyl halides is 3. The molecule has 1 amide bonds. The number of ether oxygens (including phenoxy) is 1. The van der Waals surface area contributed by atoms with Crippen molar-refractivity contribution < 1.29 is 50.5 Å². The van der Waals surface area contributed by atoms with Gasteiger partial charge >= 0.3 is 12.1 Å². The first-order chi connectivity index (χ1) is 19.2. The van der Waals surface area contributed by atoms with E-state index in [0.29, 0.717) is 9.87 Å². The van der Waals surface area contributed by atoms with Crippen LogP contribution in [0.15, 0.2) is 59.5 Å². The SMILES string of the molecule is CC(=O)N(COC(=O)CCCCO[N+](=O)[O-])S(=O)(=O)c1ccc(-[n+]2[nH]c(C(F)(F)F)cc2-c2ccc(C)cc2)cc1. The van der Waals surface area contributed by atoms with E-state index in [-0.39, 0.29) is 42.1 Å². The number of hydrogen-bond acceptors (Lipinski definition) is 8. The lowest BCUT2D eigenvalue weighted by molar-refractivity contribution is -0.757. The second kappa shape index (κ2) is 12.8. The van der Waals surface area contributed by atoms with Gasteiger partial charge in [0.2, 0.25) is 17.3 Å². The lowest BCUT2D eigenvalue weighted by Gasteiger charge is -2.20. The summed E-state index contributed by atoms with van der Waals surface area (Å²) < 4.78 is 73.1. The number of aromatic amines is 1. The van der Waals surface area contributed by atoms with E-state index in [0.717, 1.165) is 35.4 Å². The number of sulfonamides is 1. The predicted molar refractivity (Wildman–Crippen MR) is 135 cm³/mol. The zero-order valence-electron chi connectivity index (χ0n) is 21.9. The molecule has 1 N–H and O–H groups in total. The van der Waals surface area contributed by atoms with Crippen LogP contribution in [0.3, 0.4) is 0 Å². The Morgan fingerprint density at radius 1 is 1.07 bits per heavy atom. The summed E-state index contributed by atoms with van der Waals surface area (Å²) in [5, 5.41) is 11.4. The molecule has 3 aromatic rings. The molecule has 12 nitrogen and oxygen atoms in total. The molecule has 0 saturated carbocycles. The number of aryl methyl sites for hydroxylation is 1. The van der Waals surface area contributed by atoms with E-state index in [4.69, 9.17) is 4.74 Å². The van der Waals surface area contributed by atoms with Gasteiger partial charge in [0, 0.05) is 37.1 Å². The van der Waals surface area contributed by atoms with Gasteiger partial charge < -0.3 is 9.57 Å². The highest BCUT2D eigenvalue weighted by atomic mass is 32.2. The Hall–Kier alpha value is -4.47. The summed E-state index contributed by atoms with van der Waals surface area (Å²) >= 11 is 0. The van der Waals surface area contributed by atoms with Crippen molar-refractivity contribution in [2.75, 3.05) is 13.3 Å². The third kappa shape index (κ3) is 8.03. The van der Waals surface area contributed by atoms with Crippen LogP contribution in [-0.2, 0) is 35.4 Å². The van der Waals surface area contributed by atoms with E-state index >= 15 is 0 Å². The van der Waals surface area contributed by atoms with Gasteiger partial charge in [-0.3, -0.25) is 9.59 Å². The maximum Gasteiger partial charge on any atom is 0.436 e. The van der Waals surface area contributed by atoms with E-state index in [9.17, 15) is 41.3 Å². The number of aromatic nitrogens is 2. The fourth-order valence-corrected chi connectivity index (χ4v) is 4.90. The summed E-state index contributed by atoms with van der Waals surface area (Å²) in [4.78, 5) is 37.9. The van der Waals surface area contributed by atoms with Crippen LogP contribution in [0.4, 0.5) is 13.2 Å². The van der Waals surface area contributed by atoms with Gasteiger partial charge in [-0.15, -0.1) is 10.1 Å². The number of H-pyrrole nitrogens is 1. The van der Waals surface area contributed by atoms with Gasteiger partial charge in [-0.25, -0.2) is 8.42 Å². The molecule has 1 aromatic heterocycles. The number of halogens is 3. The number of nitrogens with one attached hydrogen (secondary N) is 1. The molecular weight excluding hydrogens is 573 g/mol. The van der Waals surface area contributed by atoms with Crippen molar-refractivity contribution in [3.8, 4) is 16.9 Å². The highest BCUT2D eigenvalue weighted by Crippen LogP contribution is 2.30. The zero-order chi connectivity index (χ0) is 30.4. The Morgan fingerprint density at radius 2 is 1.71 bits per heavy atom. The first-order valence-electron chi connectivity index (χ1n) is 12.1. The average molecular weight is 600 g/mol. The summed E-state index contributed by atoms with van der Waals surface area (Å²) in [5.74, 6) is -1.79. The number of rotatable bonds is 12. The van der Waals surface area contributed by atoms with Crippen LogP contribution in [0, 0.1) is 17.0 Å². The van der Waals surface area contributed by atoms with Gasteiger partial charge in [0.15, 0.2) is 12.4 Å². The number of hydrogen-bond donors (Lipinski definition) is 1. The average Bonchev–Trinajstić information content (AvgIpc) is 3.35. The van der Waals surface area contributed by atoms with Crippen molar-refractivity contribution in [2.24, 2.45) is 0 Å². The molecule has 0 bridgehead atoms. The third-order valence-electron chi connectivity index (χ3n) is 5.76. The van der Waals surface area contributed by atoms with Crippen LogP contribution < -0.4 is 4.68 Å². The molecule has 0 unspecified atom stereocenters. The highest BCUT2D eigenvalue weighted by Gasteiger charge is 2.38. The second-order valence-electron chi connectivity index (χ2n) is 8.78. The van der Waals surface area contributed by atoms with E-state index in [1.807, 2.05) is 6.92 Å². The summed E-state index contributed by atoms with van der Waals surface area (Å²) in [7, 11) is -4.51. The van der Waals surface area contributed by atoms with Crippen LogP contribution in [-0.4, -0.2) is 48.1 Å². The Bertz CT molecular complexity index is 1510. The van der Waals surface area contributed by atoms with Crippen molar-refractivity contribution in [1.29, 1.82) is 0 Å². The minimum absolute atomic E-state index is 0.165. The molecule has 0 saturated heterocycles. The third-order valence-corrected chi connectivity index (χ3v) is 7.57. The molecule has 220 valence electrons. The lowest BCUT2D eigenvalue weighted by atomic mass is 10.1. The van der Waals surface area contributed by atoms with Gasteiger partial charge in [-0.1, -0.05) is 22.4 Å². The second-order valence-corrected chi connectivity index (χ2v) is 10.6. The van der Waals surface area contributed by atoms with E-state index in [1.165, 1.54) is 12.1 Å². The molecule has 41 heavy (non-hydrogen) atoms. The number of nitrogens with zero attached hydrogens (tertiary/aromatic N) is 3. The minimum atomic E-state index is -4.67. The van der Waals surface area contributed by atoms with Crippen molar-refractivity contribution in [1.82, 2.24) is 9.40 Å². The first kappa shape index (κ1) is 31.1. The number of carbonyl (C=O) groups excluding carboxylic acids is 2. The molecule has 1 heterocycles. The standard InChI is InChI=1S/C25H25F3N4O8S/c1-17-6-8-19(9-7-17)22-15-23(25(26,27)28)29-31(22)20-10-12-21(13-11-20)41(37,38)30(18(2)33)16-39-24(34)5-3-4-14-40-32(35)36/h6-13,15H,3-5,14,16H2,1-2H3/p+1. The van der Waals surface area contributed by atoms with Crippen LogP contribution in [0.2, 0.25) is 0 Å². The molecule has 0 radical (unpaired) electrons. The number of amides is 1. The fourth-order valence-electron chi connectivity index (χ4n) is 3.64. The van der Waals surface area contributed by atoms with Crippen molar-refractivity contribution in [3.63, 3.8) is 0 Å². The Labute approximate surface area is 232 Å². The predicted octanol–water partition coefficient (Wildman–Crippen LogP) is 3.70. The zero-order valence-corrected chi connectivity index (χ0v) is 22.7. The molecule has 0 fully saturated rings. The van der Waals surface area contributed by atoms with Crippen molar-refractivity contribution in [3.05, 3.63) is 76.0 Å². The number of carbonyl (C=O) groups is 2. The molecule has 3 rings (SSSR count). The summed E-state index contributed by atoms with van der Waals surface area (Å²) in [6, 6.07) is 12.5. The first-order valence-corrected chi connectivity index (χ1v) is 13.5. The van der Waals surface area contributed by atoms with E-state index in [1.54, 1.807) is 24.3 Å². The summed E-state index contributed by atoms with van der Waals surface area (Å²) in [6.07, 6.45) is -4.53. The molecular formula is C25H26F3N4O8S+. The Balaban J connectivity index is 1.80. The molecule has 16 heteroatoms. The van der Waals surface area contributed by atoms with Crippen LogP contribution >= 0.6 is 0 Å². The minimum Gasteiger partial charge on any atom is -0.443 e. The number of unbranched alkanes of at least 4 members (excludes halogenated alkanes) is 1. The van der Waals surface area contributed by atoms with Crippen LogP contribution in [0.1, 0.15) is 37.4 Å². The topological polar surface area (TPSA) is 153 Å². The lowest BCUT2D eigenvalue weighted by Crippen LogP contribution is -2.38. The Kier molecular flexibility index (Phi) is 9.70. The van der Waals surface area contributed by atoms with Gasteiger partial charge in [-0.05, 0) is 44.0 Å². The van der Waals surface area contributed by atoms with Gasteiger partial charge in [0.1, 0.15) is 0 Å². The van der Waals surface area contributed by atoms with Gasteiger partial charge in [-0.2, -0.15) is 22.6 Å². The molecule has 0 aliphatic heterocycles. The summed E-state index contributed by atoms with van der Waals surface area (Å²) in [6.45, 7) is 1.64. The maximum absolute atomic E-state index is 13.5. The molecule has 0 spiro atoms. The molecule has 2 aromatic carbocycles. The number of benzene rings is 2. The fraction of sp³-hybridized carbons (Fsp3) is 0.320. The van der Waals surface area contributed by atoms with Crippen molar-refractivity contribution >= 4 is 21.9 Å². The van der Waals surface area contributed by atoms with E-state index < -0.39 is 45.6 Å². The molecule has 0 aliphatic carbocycles. The van der Waals surface area contributed by atoms with Gasteiger partial charge in [0.05, 0.1) is 11.5 Å². The van der Waals surface area contributed by atoms with Crippen LogP contribution in [0.25, 0.3) is 16.9 Å². The normalized spacial score (nSPS) is 11.6. The highest BCUT2D eigenvalue weighted by molar-refractivity contribution is 7.89. The van der Waals surface area contributed by atoms with Crippen molar-refractivity contribution in [2.45, 2.75) is 44.2 Å². The van der Waals surface area contributed by atoms with E-state index in [2.05, 4.69) is 9.94 Å². The number of esters is 1. The quantitative estimate of drug-likeness (QED) is 0.0826. The largest absolute Gasteiger partial charge is 0.443 e. The smallest absolute Gasteiger partial charge is 0.436 e. The summed E-state index contributed by atoms with van der Waals surface area (Å²) in [5.41, 5.74) is 0.727. The monoisotopic (exact) mass is 599 g/mol. The molecule has 0 atom stereocenters. The van der Waals surface area contributed by atoms with Gasteiger partial charge in [0.25, 0.3) is 15.1 Å². The maximum atomic E-state index is 13.5. The van der Waals surface area contributed by atoms with Crippen LogP contribution in [0.5, 0.6) is 0 Å².